The van der Waals surface area contributed by atoms with Gasteiger partial charge in [-0.15, -0.1) is 0 Å². The summed E-state index contributed by atoms with van der Waals surface area (Å²) >= 11 is 0. The smallest absolute Gasteiger partial charge is 0.316 e. The highest BCUT2D eigenvalue weighted by Gasteiger charge is 2.38. The maximum atomic E-state index is 12.2. The molecule has 1 fully saturated rings. The predicted octanol–water partition coefficient (Wildman–Crippen LogP) is 2.96. The monoisotopic (exact) mass is 269 g/mol. The third kappa shape index (κ3) is 5.21. The van der Waals surface area contributed by atoms with Gasteiger partial charge in [0.25, 0.3) is 0 Å². The zero-order chi connectivity index (χ0) is 14.5. The number of hydrogen-bond acceptors (Lipinski definition) is 2. The number of hydrogen-bond donors (Lipinski definition) is 2. The molecule has 110 valence electrons. The van der Waals surface area contributed by atoms with Gasteiger partial charge in [0, 0.05) is 6.04 Å². The van der Waals surface area contributed by atoms with Crippen molar-refractivity contribution in [3.8, 4) is 0 Å². The van der Waals surface area contributed by atoms with Crippen molar-refractivity contribution in [2.24, 2.45) is 11.3 Å². The molecule has 1 saturated carbocycles. The van der Waals surface area contributed by atoms with Gasteiger partial charge in [0.1, 0.15) is 5.92 Å². The lowest BCUT2D eigenvalue weighted by Gasteiger charge is -2.29. The van der Waals surface area contributed by atoms with Gasteiger partial charge in [-0.1, -0.05) is 52.9 Å². The van der Waals surface area contributed by atoms with E-state index in [-0.39, 0.29) is 11.9 Å². The minimum absolute atomic E-state index is 0.150. The Balaban J connectivity index is 2.62. The topological polar surface area (TPSA) is 66.4 Å². The van der Waals surface area contributed by atoms with Gasteiger partial charge in [-0.05, 0) is 18.3 Å². The normalized spacial score (nSPS) is 20.2. The number of carboxylic acids is 1. The van der Waals surface area contributed by atoms with Crippen molar-refractivity contribution in [1.29, 1.82) is 0 Å². The first kappa shape index (κ1) is 16.0. The van der Waals surface area contributed by atoms with Gasteiger partial charge >= 0.3 is 5.97 Å². The zero-order valence-electron chi connectivity index (χ0n) is 12.4. The van der Waals surface area contributed by atoms with Gasteiger partial charge < -0.3 is 10.4 Å². The molecule has 4 nitrogen and oxygen atoms in total. The average molecular weight is 269 g/mol. The Kier molecular flexibility index (Phi) is 5.83. The summed E-state index contributed by atoms with van der Waals surface area (Å²) in [6, 6.07) is 0.150. The van der Waals surface area contributed by atoms with Gasteiger partial charge in [-0.2, -0.15) is 0 Å². The number of amides is 1. The first-order chi connectivity index (χ1) is 8.82. The van der Waals surface area contributed by atoms with E-state index in [2.05, 4.69) is 5.32 Å². The fraction of sp³-hybridized carbons (Fsp3) is 0.867. The lowest BCUT2D eigenvalue weighted by atomic mass is 9.80. The third-order valence-electron chi connectivity index (χ3n) is 3.83. The van der Waals surface area contributed by atoms with Crippen LogP contribution >= 0.6 is 0 Å². The van der Waals surface area contributed by atoms with Gasteiger partial charge in [-0.3, -0.25) is 9.59 Å². The maximum absolute atomic E-state index is 12.2. The lowest BCUT2D eigenvalue weighted by molar-refractivity contribution is -0.151. The number of carbonyl (C=O) groups is 2. The molecule has 1 amide bonds. The molecular weight excluding hydrogens is 242 g/mol. The molecule has 1 unspecified atom stereocenters. The highest BCUT2D eigenvalue weighted by Crippen LogP contribution is 2.27. The van der Waals surface area contributed by atoms with Crippen LogP contribution in [0.25, 0.3) is 0 Å². The second-order valence-corrected chi connectivity index (χ2v) is 6.69. The Hall–Kier alpha value is -1.06. The van der Waals surface area contributed by atoms with Crippen LogP contribution in [-0.4, -0.2) is 23.0 Å². The van der Waals surface area contributed by atoms with Crippen molar-refractivity contribution >= 4 is 11.9 Å². The summed E-state index contributed by atoms with van der Waals surface area (Å²) in [6.07, 6.45) is 7.91. The van der Waals surface area contributed by atoms with E-state index in [0.717, 1.165) is 25.7 Å². The Morgan fingerprint density at radius 2 is 1.53 bits per heavy atom. The van der Waals surface area contributed by atoms with Gasteiger partial charge in [0.15, 0.2) is 0 Å². The summed E-state index contributed by atoms with van der Waals surface area (Å²) in [4.78, 5) is 23.5. The van der Waals surface area contributed by atoms with Crippen molar-refractivity contribution in [2.45, 2.75) is 71.8 Å². The van der Waals surface area contributed by atoms with E-state index >= 15 is 0 Å². The Labute approximate surface area is 116 Å². The van der Waals surface area contributed by atoms with Crippen molar-refractivity contribution in [1.82, 2.24) is 5.32 Å². The SMILES string of the molecule is CC(C)(C)C(C(=O)O)C(=O)NC1CCCCCCC1. The van der Waals surface area contributed by atoms with Gasteiger partial charge in [-0.25, -0.2) is 0 Å². The Morgan fingerprint density at radius 3 is 1.95 bits per heavy atom. The molecule has 0 bridgehead atoms. The number of rotatable bonds is 3. The van der Waals surface area contributed by atoms with Crippen molar-refractivity contribution in [3.63, 3.8) is 0 Å². The standard InChI is InChI=1S/C15H27NO3/c1-15(2,3)12(14(18)19)13(17)16-11-9-7-5-4-6-8-10-11/h11-12H,4-10H2,1-3H3,(H,16,17)(H,18,19). The number of nitrogens with one attached hydrogen (secondary N) is 1. The number of carboxylic acid groups (broad SMARTS) is 1. The van der Waals surface area contributed by atoms with E-state index in [1.807, 2.05) is 0 Å². The van der Waals surface area contributed by atoms with E-state index < -0.39 is 17.3 Å². The molecule has 0 aromatic heterocycles. The van der Waals surface area contributed by atoms with E-state index in [4.69, 9.17) is 0 Å². The largest absolute Gasteiger partial charge is 0.481 e. The second kappa shape index (κ2) is 6.92. The van der Waals surface area contributed by atoms with Gasteiger partial charge in [0.2, 0.25) is 5.91 Å². The summed E-state index contributed by atoms with van der Waals surface area (Å²) < 4.78 is 0. The molecule has 0 spiro atoms. The fourth-order valence-electron chi connectivity index (χ4n) is 2.76. The Bertz CT molecular complexity index is 312. The van der Waals surface area contributed by atoms with E-state index in [1.165, 1.54) is 19.3 Å². The van der Waals surface area contributed by atoms with Crippen LogP contribution in [0.5, 0.6) is 0 Å². The quantitative estimate of drug-likeness (QED) is 0.774. The summed E-state index contributed by atoms with van der Waals surface area (Å²) in [5, 5.41) is 12.2. The van der Waals surface area contributed by atoms with Crippen LogP contribution in [0, 0.1) is 11.3 Å². The van der Waals surface area contributed by atoms with Gasteiger partial charge in [0.05, 0.1) is 0 Å². The maximum Gasteiger partial charge on any atom is 0.316 e. The van der Waals surface area contributed by atoms with Crippen molar-refractivity contribution in [2.75, 3.05) is 0 Å². The molecule has 2 N–H and O–H groups in total. The molecule has 1 aliphatic carbocycles. The van der Waals surface area contributed by atoms with E-state index in [0.29, 0.717) is 0 Å². The molecule has 4 heteroatoms. The number of aliphatic carboxylic acids is 1. The van der Waals surface area contributed by atoms with Crippen LogP contribution in [-0.2, 0) is 9.59 Å². The highest BCUT2D eigenvalue weighted by molar-refractivity contribution is 5.97. The summed E-state index contributed by atoms with van der Waals surface area (Å²) in [7, 11) is 0. The Morgan fingerprint density at radius 1 is 1.05 bits per heavy atom. The summed E-state index contributed by atoms with van der Waals surface area (Å²) in [5.41, 5.74) is -0.558. The van der Waals surface area contributed by atoms with Crippen LogP contribution < -0.4 is 5.32 Å². The van der Waals surface area contributed by atoms with Crippen LogP contribution in [0.15, 0.2) is 0 Å². The van der Waals surface area contributed by atoms with Crippen molar-refractivity contribution in [3.05, 3.63) is 0 Å². The summed E-state index contributed by atoms with van der Waals surface area (Å²) in [6.45, 7) is 5.39. The van der Waals surface area contributed by atoms with E-state index in [1.54, 1.807) is 20.8 Å². The first-order valence-corrected chi connectivity index (χ1v) is 7.35. The molecule has 0 aromatic carbocycles. The molecule has 1 atom stereocenters. The molecule has 19 heavy (non-hydrogen) atoms. The molecule has 1 aliphatic rings. The van der Waals surface area contributed by atoms with Crippen LogP contribution in [0.2, 0.25) is 0 Å². The summed E-state index contributed by atoms with van der Waals surface area (Å²) in [5.74, 6) is -2.33. The van der Waals surface area contributed by atoms with Crippen molar-refractivity contribution < 1.29 is 14.7 Å². The first-order valence-electron chi connectivity index (χ1n) is 7.35. The van der Waals surface area contributed by atoms with Crippen LogP contribution in [0.4, 0.5) is 0 Å². The predicted molar refractivity (Wildman–Crippen MR) is 74.8 cm³/mol. The highest BCUT2D eigenvalue weighted by atomic mass is 16.4. The van der Waals surface area contributed by atoms with E-state index in [9.17, 15) is 14.7 Å². The molecule has 0 heterocycles. The minimum atomic E-state index is -1.03. The second-order valence-electron chi connectivity index (χ2n) is 6.69. The fourth-order valence-corrected chi connectivity index (χ4v) is 2.76. The molecule has 0 aliphatic heterocycles. The van der Waals surface area contributed by atoms with Crippen LogP contribution in [0.3, 0.4) is 0 Å². The molecule has 0 radical (unpaired) electrons. The molecule has 0 aromatic rings. The zero-order valence-corrected chi connectivity index (χ0v) is 12.4. The average Bonchev–Trinajstić information content (AvgIpc) is 2.18. The molecule has 1 rings (SSSR count). The lowest BCUT2D eigenvalue weighted by Crippen LogP contribution is -2.46. The minimum Gasteiger partial charge on any atom is -0.481 e. The molecule has 0 saturated heterocycles. The third-order valence-corrected chi connectivity index (χ3v) is 3.83. The number of carbonyl (C=O) groups excluding carboxylic acids is 1. The molecular formula is C15H27NO3. The van der Waals surface area contributed by atoms with Crippen LogP contribution in [0.1, 0.15) is 65.7 Å².